The predicted molar refractivity (Wildman–Crippen MR) is 99.7 cm³/mol. The molecule has 26 heavy (non-hydrogen) atoms. The third-order valence-electron chi connectivity index (χ3n) is 5.98. The number of rotatable bonds is 5. The number of fused-ring (bicyclic) bond motifs is 1. The van der Waals surface area contributed by atoms with E-state index in [-0.39, 0.29) is 5.75 Å². The number of halogens is 1. The highest BCUT2D eigenvalue weighted by molar-refractivity contribution is 5.27. The summed E-state index contributed by atoms with van der Waals surface area (Å²) >= 11 is 0. The Morgan fingerprint density at radius 2 is 1.62 bits per heavy atom. The summed E-state index contributed by atoms with van der Waals surface area (Å²) in [7, 11) is 0. The summed E-state index contributed by atoms with van der Waals surface area (Å²) < 4.78 is 15.3. The molecule has 1 unspecified atom stereocenters. The zero-order valence-electron chi connectivity index (χ0n) is 14.9. The monoisotopic (exact) mass is 355 g/mol. The van der Waals surface area contributed by atoms with Crippen LogP contribution in [0.25, 0.3) is 0 Å². The van der Waals surface area contributed by atoms with E-state index in [0.29, 0.717) is 37.6 Å². The van der Waals surface area contributed by atoms with Crippen LogP contribution in [0.5, 0.6) is 5.75 Å². The molecule has 0 radical (unpaired) electrons. The molecule has 4 heteroatoms. The number of phenols is 1. The molecule has 0 bridgehead atoms. The first kappa shape index (κ1) is 17.5. The van der Waals surface area contributed by atoms with Crippen molar-refractivity contribution in [3.05, 3.63) is 65.7 Å². The number of hydrogen-bond acceptors (Lipinski definition) is 3. The first-order valence-corrected chi connectivity index (χ1v) is 9.43. The Hall–Kier alpha value is -1.91. The van der Waals surface area contributed by atoms with Crippen LogP contribution in [0.1, 0.15) is 30.1 Å². The number of nitrogens with zero attached hydrogens (tertiary/aromatic N) is 1. The first-order chi connectivity index (χ1) is 12.5. The third kappa shape index (κ3) is 3.76. The van der Waals surface area contributed by atoms with Gasteiger partial charge in [0.2, 0.25) is 0 Å². The number of aliphatic hydroxyl groups excluding tert-OH is 1. The second-order valence-corrected chi connectivity index (χ2v) is 8.07. The third-order valence-corrected chi connectivity index (χ3v) is 5.98. The van der Waals surface area contributed by atoms with Crippen molar-refractivity contribution >= 4 is 0 Å². The van der Waals surface area contributed by atoms with Crippen molar-refractivity contribution in [3.63, 3.8) is 0 Å². The average Bonchev–Trinajstić information content (AvgIpc) is 3.10. The number of aliphatic hydroxyl groups is 1. The van der Waals surface area contributed by atoms with Crippen molar-refractivity contribution in [2.75, 3.05) is 19.6 Å². The Kier molecular flexibility index (Phi) is 4.72. The molecule has 0 spiro atoms. The van der Waals surface area contributed by atoms with Crippen LogP contribution < -0.4 is 0 Å². The number of benzene rings is 2. The Morgan fingerprint density at radius 3 is 2.23 bits per heavy atom. The van der Waals surface area contributed by atoms with E-state index >= 15 is 4.39 Å². The molecule has 0 amide bonds. The van der Waals surface area contributed by atoms with Crippen LogP contribution in [0.3, 0.4) is 0 Å². The highest BCUT2D eigenvalue weighted by atomic mass is 19.1. The lowest BCUT2D eigenvalue weighted by atomic mass is 9.93. The Balaban J connectivity index is 1.32. The summed E-state index contributed by atoms with van der Waals surface area (Å²) in [5.41, 5.74) is 0.802. The highest BCUT2D eigenvalue weighted by Crippen LogP contribution is 2.47. The number of aromatic hydroxyl groups is 1. The van der Waals surface area contributed by atoms with E-state index in [9.17, 15) is 10.2 Å². The largest absolute Gasteiger partial charge is 0.508 e. The van der Waals surface area contributed by atoms with Gasteiger partial charge in [0.05, 0.1) is 6.10 Å². The molecule has 0 aromatic heterocycles. The van der Waals surface area contributed by atoms with Gasteiger partial charge in [-0.15, -0.1) is 0 Å². The lowest BCUT2D eigenvalue weighted by molar-refractivity contribution is 0.108. The molecule has 3 nitrogen and oxygen atoms in total. The maximum absolute atomic E-state index is 15.3. The van der Waals surface area contributed by atoms with Crippen molar-refractivity contribution in [2.45, 2.75) is 31.0 Å². The van der Waals surface area contributed by atoms with Crippen LogP contribution in [0.2, 0.25) is 0 Å². The second kappa shape index (κ2) is 7.01. The topological polar surface area (TPSA) is 43.7 Å². The van der Waals surface area contributed by atoms with E-state index in [0.717, 1.165) is 24.2 Å². The summed E-state index contributed by atoms with van der Waals surface area (Å²) in [6, 6.07) is 16.6. The summed E-state index contributed by atoms with van der Waals surface area (Å²) in [4.78, 5) is 2.26. The molecule has 1 saturated heterocycles. The molecule has 4 rings (SSSR count). The maximum atomic E-state index is 15.3. The Morgan fingerprint density at radius 1 is 1.00 bits per heavy atom. The number of alkyl halides is 1. The SMILES string of the molecule is Oc1ccc(C(O)CN2C[C@@H]3C[C@](F)(Cc4ccccc4)C[C@@H]3C2)cc1. The van der Waals surface area contributed by atoms with Gasteiger partial charge in [0.1, 0.15) is 11.4 Å². The van der Waals surface area contributed by atoms with Gasteiger partial charge >= 0.3 is 0 Å². The molecular formula is C22H26FNO2. The van der Waals surface area contributed by atoms with Crippen LogP contribution in [0.4, 0.5) is 4.39 Å². The van der Waals surface area contributed by atoms with E-state index in [1.54, 1.807) is 24.3 Å². The fourth-order valence-corrected chi connectivity index (χ4v) is 4.82. The van der Waals surface area contributed by atoms with E-state index in [1.165, 1.54) is 0 Å². The summed E-state index contributed by atoms with van der Waals surface area (Å²) in [6.45, 7) is 2.29. The summed E-state index contributed by atoms with van der Waals surface area (Å²) in [5, 5.41) is 19.8. The zero-order valence-corrected chi connectivity index (χ0v) is 14.9. The molecule has 1 heterocycles. The number of likely N-dealkylation sites (tertiary alicyclic amines) is 1. The normalized spacial score (nSPS) is 29.6. The fraction of sp³-hybridized carbons (Fsp3) is 0.455. The number of β-amino-alcohol motifs (C(OH)–C–C–N with tert-alkyl or cyclic N) is 1. The van der Waals surface area contributed by atoms with E-state index in [4.69, 9.17) is 0 Å². The average molecular weight is 355 g/mol. The van der Waals surface area contributed by atoms with Gasteiger partial charge in [0.25, 0.3) is 0 Å². The Bertz CT molecular complexity index is 720. The molecule has 1 aliphatic heterocycles. The molecular weight excluding hydrogens is 329 g/mol. The van der Waals surface area contributed by atoms with E-state index in [1.807, 2.05) is 30.3 Å². The lowest BCUT2D eigenvalue weighted by Gasteiger charge is -2.25. The van der Waals surface area contributed by atoms with Gasteiger partial charge in [-0.2, -0.15) is 0 Å². The van der Waals surface area contributed by atoms with Crippen LogP contribution in [-0.4, -0.2) is 40.4 Å². The second-order valence-electron chi connectivity index (χ2n) is 8.07. The van der Waals surface area contributed by atoms with Gasteiger partial charge < -0.3 is 10.2 Å². The zero-order chi connectivity index (χ0) is 18.1. The maximum Gasteiger partial charge on any atom is 0.115 e. The van der Waals surface area contributed by atoms with Gasteiger partial charge in [0.15, 0.2) is 0 Å². The van der Waals surface area contributed by atoms with E-state index < -0.39 is 11.8 Å². The minimum Gasteiger partial charge on any atom is -0.508 e. The molecule has 2 aromatic carbocycles. The van der Waals surface area contributed by atoms with Crippen LogP contribution in [0, 0.1) is 11.8 Å². The van der Waals surface area contributed by atoms with Crippen molar-refractivity contribution < 1.29 is 14.6 Å². The van der Waals surface area contributed by atoms with Gasteiger partial charge in [0, 0.05) is 26.1 Å². The van der Waals surface area contributed by atoms with Crippen molar-refractivity contribution in [2.24, 2.45) is 11.8 Å². The fourth-order valence-electron chi connectivity index (χ4n) is 4.82. The summed E-state index contributed by atoms with van der Waals surface area (Å²) in [6.07, 6.45) is 1.18. The molecule has 2 fully saturated rings. The van der Waals surface area contributed by atoms with Gasteiger partial charge in [-0.1, -0.05) is 42.5 Å². The van der Waals surface area contributed by atoms with Crippen molar-refractivity contribution in [1.82, 2.24) is 4.90 Å². The first-order valence-electron chi connectivity index (χ1n) is 9.43. The van der Waals surface area contributed by atoms with Gasteiger partial charge in [-0.3, -0.25) is 4.90 Å². The standard InChI is InChI=1S/C22H26FNO2/c23-22(10-16-4-2-1-3-5-16)11-18-13-24(14-19(18)12-22)15-21(26)17-6-8-20(25)9-7-17/h1-9,18-19,21,25-26H,10-15H2/t18-,19+,21?,22+. The highest BCUT2D eigenvalue weighted by Gasteiger charge is 2.49. The molecule has 2 aromatic rings. The molecule has 4 atom stereocenters. The Labute approximate surface area is 154 Å². The summed E-state index contributed by atoms with van der Waals surface area (Å²) in [5.74, 6) is 0.973. The minimum absolute atomic E-state index is 0.203. The molecule has 2 aliphatic rings. The number of phenolic OH excluding ortho intramolecular Hbond substituents is 1. The molecule has 138 valence electrons. The lowest BCUT2D eigenvalue weighted by Crippen LogP contribution is -2.31. The van der Waals surface area contributed by atoms with Crippen molar-refractivity contribution in [3.8, 4) is 5.75 Å². The predicted octanol–water partition coefficient (Wildman–Crippen LogP) is 3.72. The minimum atomic E-state index is -1.08. The van der Waals surface area contributed by atoms with Gasteiger partial charge in [-0.25, -0.2) is 4.39 Å². The van der Waals surface area contributed by atoms with Crippen molar-refractivity contribution in [1.29, 1.82) is 0 Å². The van der Waals surface area contributed by atoms with Gasteiger partial charge in [-0.05, 0) is 47.9 Å². The number of hydrogen-bond donors (Lipinski definition) is 2. The molecule has 1 saturated carbocycles. The van der Waals surface area contributed by atoms with Crippen LogP contribution >= 0.6 is 0 Å². The van der Waals surface area contributed by atoms with Crippen LogP contribution in [-0.2, 0) is 6.42 Å². The smallest absolute Gasteiger partial charge is 0.115 e. The molecule has 1 aliphatic carbocycles. The van der Waals surface area contributed by atoms with E-state index in [2.05, 4.69) is 4.90 Å². The van der Waals surface area contributed by atoms with Crippen LogP contribution in [0.15, 0.2) is 54.6 Å². The molecule has 2 N–H and O–H groups in total. The quantitative estimate of drug-likeness (QED) is 0.859.